The molecular weight excluding hydrogens is 328 g/mol. The van der Waals surface area contributed by atoms with Crippen LogP contribution in [0.2, 0.25) is 0 Å². The Balaban J connectivity index is 2.52. The van der Waals surface area contributed by atoms with Crippen molar-refractivity contribution in [1.82, 2.24) is 0 Å². The van der Waals surface area contributed by atoms with Gasteiger partial charge in [0.25, 0.3) is 0 Å². The van der Waals surface area contributed by atoms with Crippen molar-refractivity contribution in [1.29, 1.82) is 0 Å². The van der Waals surface area contributed by atoms with Crippen LogP contribution in [0.5, 0.6) is 0 Å². The predicted octanol–water partition coefficient (Wildman–Crippen LogP) is 0.211. The van der Waals surface area contributed by atoms with Crippen LogP contribution in [0.1, 0.15) is 5.56 Å². The first kappa shape index (κ1) is 18.0. The minimum absolute atomic E-state index is 0.109. The molecule has 120 valence electrons. The van der Waals surface area contributed by atoms with Crippen LogP contribution in [0, 0.1) is 0 Å². The van der Waals surface area contributed by atoms with E-state index in [2.05, 4.69) is 8.37 Å². The Morgan fingerprint density at radius 2 is 1.57 bits per heavy atom. The molecule has 9 nitrogen and oxygen atoms in total. The molecule has 21 heavy (non-hydrogen) atoms. The number of hydrogen-bond acceptors (Lipinski definition) is 7. The molecule has 0 aliphatic heterocycles. The second kappa shape index (κ2) is 7.79. The van der Waals surface area contributed by atoms with Crippen molar-refractivity contribution in [3.63, 3.8) is 0 Å². The molecule has 0 saturated heterocycles. The smallest absolute Gasteiger partial charge is 0.374 e. The summed E-state index contributed by atoms with van der Waals surface area (Å²) in [5, 5.41) is 0. The van der Waals surface area contributed by atoms with Gasteiger partial charge in [-0.25, -0.2) is 8.37 Å². The Morgan fingerprint density at radius 1 is 0.952 bits per heavy atom. The van der Waals surface area contributed by atoms with E-state index in [4.69, 9.17) is 13.8 Å². The van der Waals surface area contributed by atoms with Crippen LogP contribution in [0.4, 0.5) is 0 Å². The van der Waals surface area contributed by atoms with E-state index >= 15 is 0 Å². The van der Waals surface area contributed by atoms with Crippen LogP contribution in [0.3, 0.4) is 0 Å². The lowest BCUT2D eigenvalue weighted by atomic mass is 10.2. The molecule has 0 aromatic heterocycles. The average Bonchev–Trinajstić information content (AvgIpc) is 2.34. The molecule has 2 N–H and O–H groups in total. The number of ether oxygens (including phenoxy) is 1. The molecule has 1 aromatic carbocycles. The molecule has 0 spiro atoms. The van der Waals surface area contributed by atoms with Crippen molar-refractivity contribution >= 4 is 20.8 Å². The van der Waals surface area contributed by atoms with Gasteiger partial charge in [0.1, 0.15) is 6.10 Å². The molecule has 1 unspecified atom stereocenters. The summed E-state index contributed by atoms with van der Waals surface area (Å²) in [6.45, 7) is -1.12. The van der Waals surface area contributed by atoms with Gasteiger partial charge >= 0.3 is 20.8 Å². The predicted molar refractivity (Wildman–Crippen MR) is 70.0 cm³/mol. The summed E-state index contributed by atoms with van der Waals surface area (Å²) in [7, 11) is -9.59. The lowest BCUT2D eigenvalue weighted by Crippen LogP contribution is -2.29. The highest BCUT2D eigenvalue weighted by molar-refractivity contribution is 7.81. The second-order valence-corrected chi connectivity index (χ2v) is 6.00. The SMILES string of the molecule is O=S(=O)(O)OCC(COCc1ccccc1)OS(=O)(=O)O. The molecule has 0 fully saturated rings. The van der Waals surface area contributed by atoms with Gasteiger partial charge < -0.3 is 4.74 Å². The molecule has 1 atom stereocenters. The normalized spacial score (nSPS) is 14.0. The van der Waals surface area contributed by atoms with E-state index in [1.807, 2.05) is 0 Å². The Hall–Kier alpha value is -1.08. The van der Waals surface area contributed by atoms with Gasteiger partial charge in [0.15, 0.2) is 0 Å². The monoisotopic (exact) mass is 342 g/mol. The molecule has 0 saturated carbocycles. The summed E-state index contributed by atoms with van der Waals surface area (Å²) in [5.74, 6) is 0. The van der Waals surface area contributed by atoms with E-state index in [1.165, 1.54) is 0 Å². The first-order chi connectivity index (χ1) is 9.66. The zero-order valence-electron chi connectivity index (χ0n) is 10.7. The summed E-state index contributed by atoms with van der Waals surface area (Å²) in [6, 6.07) is 8.85. The van der Waals surface area contributed by atoms with E-state index in [0.717, 1.165) is 5.56 Å². The fourth-order valence-electron chi connectivity index (χ4n) is 1.32. The first-order valence-corrected chi connectivity index (χ1v) is 8.28. The van der Waals surface area contributed by atoms with Crippen molar-refractivity contribution in [2.24, 2.45) is 0 Å². The maximum atomic E-state index is 10.6. The van der Waals surface area contributed by atoms with Crippen molar-refractivity contribution in [2.75, 3.05) is 13.2 Å². The molecule has 0 aliphatic carbocycles. The molecule has 0 amide bonds. The van der Waals surface area contributed by atoms with Gasteiger partial charge in [0.2, 0.25) is 0 Å². The summed E-state index contributed by atoms with van der Waals surface area (Å²) in [6.07, 6.45) is -1.44. The quantitative estimate of drug-likeness (QED) is 0.603. The maximum absolute atomic E-state index is 10.6. The van der Waals surface area contributed by atoms with Crippen LogP contribution in [0.15, 0.2) is 30.3 Å². The minimum Gasteiger partial charge on any atom is -0.374 e. The molecule has 0 aliphatic rings. The third-order valence-electron chi connectivity index (χ3n) is 2.08. The molecule has 11 heteroatoms. The average molecular weight is 342 g/mol. The number of rotatable bonds is 9. The van der Waals surface area contributed by atoms with E-state index in [9.17, 15) is 16.8 Å². The highest BCUT2D eigenvalue weighted by Crippen LogP contribution is 2.05. The van der Waals surface area contributed by atoms with Gasteiger partial charge in [-0.1, -0.05) is 30.3 Å². The first-order valence-electron chi connectivity index (χ1n) is 5.55. The Bertz CT molecular complexity index is 624. The fraction of sp³-hybridized carbons (Fsp3) is 0.400. The van der Waals surface area contributed by atoms with Crippen LogP contribution in [-0.4, -0.2) is 45.3 Å². The van der Waals surface area contributed by atoms with E-state index in [-0.39, 0.29) is 13.2 Å². The third-order valence-corrected chi connectivity index (χ3v) is 3.03. The summed E-state index contributed by atoms with van der Waals surface area (Å²) in [4.78, 5) is 0. The molecule has 0 heterocycles. The van der Waals surface area contributed by atoms with Crippen LogP contribution in [-0.2, 0) is 40.5 Å². The van der Waals surface area contributed by atoms with Crippen LogP contribution in [0.25, 0.3) is 0 Å². The van der Waals surface area contributed by atoms with Crippen molar-refractivity contribution in [2.45, 2.75) is 12.7 Å². The fourth-order valence-corrected chi connectivity index (χ4v) is 2.10. The van der Waals surface area contributed by atoms with Gasteiger partial charge in [-0.15, -0.1) is 0 Å². The van der Waals surface area contributed by atoms with Crippen LogP contribution < -0.4 is 0 Å². The number of benzene rings is 1. The van der Waals surface area contributed by atoms with Crippen molar-refractivity contribution < 1.29 is 39.0 Å². The standard InChI is InChI=1S/C10H14O9S2/c11-20(12,13)18-8-10(19-21(14,15)16)7-17-6-9-4-2-1-3-5-9/h1-5,10H,6-8H2,(H,11,12,13)(H,14,15,16). The summed E-state index contributed by atoms with van der Waals surface area (Å²) in [5.41, 5.74) is 0.791. The number of hydrogen-bond donors (Lipinski definition) is 2. The van der Waals surface area contributed by atoms with Crippen LogP contribution >= 0.6 is 0 Å². The largest absolute Gasteiger partial charge is 0.397 e. The van der Waals surface area contributed by atoms with Gasteiger partial charge in [-0.05, 0) is 5.56 Å². The van der Waals surface area contributed by atoms with E-state index in [0.29, 0.717) is 0 Å². The summed E-state index contributed by atoms with van der Waals surface area (Å²) < 4.78 is 72.3. The minimum atomic E-state index is -4.82. The van der Waals surface area contributed by atoms with Crippen molar-refractivity contribution in [3.05, 3.63) is 35.9 Å². The molecule has 1 rings (SSSR count). The second-order valence-electron chi connectivity index (χ2n) is 3.86. The van der Waals surface area contributed by atoms with Gasteiger partial charge in [-0.2, -0.15) is 16.8 Å². The highest BCUT2D eigenvalue weighted by atomic mass is 32.3. The topological polar surface area (TPSA) is 136 Å². The molecule has 1 aromatic rings. The van der Waals surface area contributed by atoms with E-state index < -0.39 is 33.5 Å². The van der Waals surface area contributed by atoms with Gasteiger partial charge in [-0.3, -0.25) is 9.11 Å². The lowest BCUT2D eigenvalue weighted by molar-refractivity contribution is 0.0155. The van der Waals surface area contributed by atoms with Gasteiger partial charge in [0, 0.05) is 0 Å². The Morgan fingerprint density at radius 3 is 2.10 bits per heavy atom. The molecular formula is C10H14O9S2. The maximum Gasteiger partial charge on any atom is 0.397 e. The lowest BCUT2D eigenvalue weighted by Gasteiger charge is -2.14. The van der Waals surface area contributed by atoms with E-state index in [1.54, 1.807) is 30.3 Å². The molecule has 0 radical (unpaired) electrons. The van der Waals surface area contributed by atoms with Crippen molar-refractivity contribution in [3.8, 4) is 0 Å². The summed E-state index contributed by atoms with van der Waals surface area (Å²) >= 11 is 0. The zero-order chi connectivity index (χ0) is 15.9. The third kappa shape index (κ3) is 9.47. The molecule has 0 bridgehead atoms. The highest BCUT2D eigenvalue weighted by Gasteiger charge is 2.20. The van der Waals surface area contributed by atoms with Gasteiger partial charge in [0.05, 0.1) is 19.8 Å². The Labute approximate surface area is 122 Å². The Kier molecular flexibility index (Phi) is 6.67. The zero-order valence-corrected chi connectivity index (χ0v) is 12.3.